The zero-order valence-corrected chi connectivity index (χ0v) is 19.3. The van der Waals surface area contributed by atoms with Crippen molar-refractivity contribution >= 4 is 29.0 Å². The first kappa shape index (κ1) is 23.0. The number of hydrogen-bond acceptors (Lipinski definition) is 4. The lowest BCUT2D eigenvalue weighted by molar-refractivity contribution is -0.116. The summed E-state index contributed by atoms with van der Waals surface area (Å²) in [4.78, 5) is 24.5. The summed E-state index contributed by atoms with van der Waals surface area (Å²) in [5.74, 6) is 0.464. The molecule has 1 amide bonds. The number of ether oxygens (including phenoxy) is 1. The molecule has 0 spiro atoms. The first-order chi connectivity index (χ1) is 16.0. The van der Waals surface area contributed by atoms with Gasteiger partial charge in [-0.3, -0.25) is 9.59 Å². The summed E-state index contributed by atoms with van der Waals surface area (Å²) < 4.78 is 6.15. The van der Waals surface area contributed by atoms with Gasteiger partial charge >= 0.3 is 0 Å². The highest BCUT2D eigenvalue weighted by Gasteiger charge is 2.17. The first-order valence-electron chi connectivity index (χ1n) is 11.2. The van der Waals surface area contributed by atoms with Crippen molar-refractivity contribution in [2.45, 2.75) is 32.3 Å². The molecule has 1 aliphatic rings. The molecule has 1 aliphatic heterocycles. The van der Waals surface area contributed by atoms with Crippen LogP contribution in [0.5, 0.6) is 5.75 Å². The Hall–Kier alpha value is -3.15. The number of para-hydroxylation sites is 1. The third-order valence-corrected chi connectivity index (χ3v) is 5.95. The van der Waals surface area contributed by atoms with E-state index in [1.807, 2.05) is 60.7 Å². The summed E-state index contributed by atoms with van der Waals surface area (Å²) in [6.45, 7) is 3.36. The van der Waals surface area contributed by atoms with E-state index in [-0.39, 0.29) is 24.2 Å². The molecule has 5 nitrogen and oxygen atoms in total. The number of ketones is 1. The highest BCUT2D eigenvalue weighted by Crippen LogP contribution is 2.32. The highest BCUT2D eigenvalue weighted by atomic mass is 35.5. The van der Waals surface area contributed by atoms with Crippen LogP contribution in [0.3, 0.4) is 0 Å². The van der Waals surface area contributed by atoms with Crippen LogP contribution in [0, 0.1) is 0 Å². The Kier molecular flexibility index (Phi) is 7.43. The van der Waals surface area contributed by atoms with Crippen LogP contribution in [0.25, 0.3) is 11.1 Å². The third-order valence-electron chi connectivity index (χ3n) is 5.64. The third kappa shape index (κ3) is 6.01. The van der Waals surface area contributed by atoms with E-state index in [1.165, 1.54) is 6.92 Å². The van der Waals surface area contributed by atoms with Crippen molar-refractivity contribution in [2.24, 2.45) is 0 Å². The van der Waals surface area contributed by atoms with Gasteiger partial charge in [0.15, 0.2) is 0 Å². The molecule has 33 heavy (non-hydrogen) atoms. The Bertz CT molecular complexity index is 1160. The van der Waals surface area contributed by atoms with Crippen LogP contribution in [0.1, 0.15) is 35.7 Å². The maximum absolute atomic E-state index is 13.0. The largest absolute Gasteiger partial charge is 0.488 e. The molecule has 170 valence electrons. The standard InChI is InChI=1S/C27H27ClN2O3/c1-18(31)14-21-6-2-3-10-25(21)30-27(32)22-8-4-7-19(15-22)20-11-12-24(28)26(16-20)33-23-9-5-13-29-17-23/h2-4,6-8,10-12,15-16,23,29H,5,9,13-14,17H2,1H3,(H,30,32). The molecule has 3 aromatic carbocycles. The van der Waals surface area contributed by atoms with Crippen LogP contribution in [-0.2, 0) is 11.2 Å². The number of Topliss-reactive ketones (excluding diaryl/α,β-unsaturated/α-hetero) is 1. The van der Waals surface area contributed by atoms with E-state index in [2.05, 4.69) is 10.6 Å². The van der Waals surface area contributed by atoms with Gasteiger partial charge in [-0.15, -0.1) is 0 Å². The maximum Gasteiger partial charge on any atom is 0.255 e. The minimum atomic E-state index is -0.230. The monoisotopic (exact) mass is 462 g/mol. The van der Waals surface area contributed by atoms with Gasteiger partial charge in [-0.2, -0.15) is 0 Å². The molecule has 2 N–H and O–H groups in total. The van der Waals surface area contributed by atoms with Crippen molar-refractivity contribution in [1.82, 2.24) is 5.32 Å². The molecule has 1 heterocycles. The van der Waals surface area contributed by atoms with Crippen molar-refractivity contribution < 1.29 is 14.3 Å². The molecule has 1 atom stereocenters. The first-order valence-corrected chi connectivity index (χ1v) is 11.5. The van der Waals surface area contributed by atoms with E-state index in [4.69, 9.17) is 16.3 Å². The molecule has 1 saturated heterocycles. The van der Waals surface area contributed by atoms with Crippen LogP contribution in [-0.4, -0.2) is 30.9 Å². The maximum atomic E-state index is 13.0. The average Bonchev–Trinajstić information content (AvgIpc) is 2.82. The minimum absolute atomic E-state index is 0.0449. The molecule has 1 fully saturated rings. The van der Waals surface area contributed by atoms with E-state index in [0.29, 0.717) is 22.0 Å². The Balaban J connectivity index is 1.54. The molecule has 0 aromatic heterocycles. The van der Waals surface area contributed by atoms with Gasteiger partial charge in [0.25, 0.3) is 5.91 Å². The van der Waals surface area contributed by atoms with Crippen molar-refractivity contribution in [3.05, 3.63) is 82.9 Å². The summed E-state index contributed by atoms with van der Waals surface area (Å²) in [6, 6.07) is 20.5. The predicted molar refractivity (Wildman–Crippen MR) is 132 cm³/mol. The van der Waals surface area contributed by atoms with Gasteiger partial charge in [0.05, 0.1) is 5.02 Å². The molecule has 3 aromatic rings. The molecule has 0 bridgehead atoms. The number of hydrogen-bond donors (Lipinski definition) is 2. The zero-order valence-electron chi connectivity index (χ0n) is 18.6. The van der Waals surface area contributed by atoms with Crippen LogP contribution >= 0.6 is 11.6 Å². The highest BCUT2D eigenvalue weighted by molar-refractivity contribution is 6.32. The van der Waals surface area contributed by atoms with Crippen LogP contribution < -0.4 is 15.4 Å². The van der Waals surface area contributed by atoms with E-state index in [0.717, 1.165) is 42.6 Å². The molecule has 0 aliphatic carbocycles. The summed E-state index contributed by atoms with van der Waals surface area (Å²) in [6.07, 6.45) is 2.45. The zero-order chi connectivity index (χ0) is 23.2. The Morgan fingerprint density at radius 2 is 1.88 bits per heavy atom. The van der Waals surface area contributed by atoms with Gasteiger partial charge in [0, 0.05) is 24.2 Å². The topological polar surface area (TPSA) is 67.4 Å². The van der Waals surface area contributed by atoms with Gasteiger partial charge in [0.2, 0.25) is 0 Å². The number of carbonyl (C=O) groups is 2. The molecule has 1 unspecified atom stereocenters. The number of anilines is 1. The molecular weight excluding hydrogens is 436 g/mol. The van der Waals surface area contributed by atoms with Crippen molar-refractivity contribution in [3.63, 3.8) is 0 Å². The Labute approximate surface area is 199 Å². The van der Waals surface area contributed by atoms with E-state index in [1.54, 1.807) is 6.07 Å². The summed E-state index contributed by atoms with van der Waals surface area (Å²) in [5, 5.41) is 6.86. The smallest absolute Gasteiger partial charge is 0.255 e. The number of halogens is 1. The van der Waals surface area contributed by atoms with E-state index < -0.39 is 0 Å². The van der Waals surface area contributed by atoms with Gasteiger partial charge in [-0.1, -0.05) is 48.0 Å². The van der Waals surface area contributed by atoms with Crippen LogP contribution in [0.4, 0.5) is 5.69 Å². The van der Waals surface area contributed by atoms with Gasteiger partial charge in [0.1, 0.15) is 17.6 Å². The number of piperidine rings is 1. The van der Waals surface area contributed by atoms with E-state index >= 15 is 0 Å². The fourth-order valence-electron chi connectivity index (χ4n) is 3.97. The quantitative estimate of drug-likeness (QED) is 0.485. The number of benzene rings is 3. The SMILES string of the molecule is CC(=O)Cc1ccccc1NC(=O)c1cccc(-c2ccc(Cl)c(OC3CCCNC3)c2)c1. The molecule has 0 saturated carbocycles. The summed E-state index contributed by atoms with van der Waals surface area (Å²) >= 11 is 6.39. The normalized spacial score (nSPS) is 15.6. The average molecular weight is 463 g/mol. The van der Waals surface area contributed by atoms with Crippen molar-refractivity contribution in [1.29, 1.82) is 0 Å². The number of nitrogens with one attached hydrogen (secondary N) is 2. The molecule has 6 heteroatoms. The lowest BCUT2D eigenvalue weighted by Crippen LogP contribution is -2.37. The summed E-state index contributed by atoms with van der Waals surface area (Å²) in [7, 11) is 0. The number of amides is 1. The van der Waals surface area contributed by atoms with Gasteiger partial charge in [-0.05, 0) is 73.3 Å². The van der Waals surface area contributed by atoms with Crippen LogP contribution in [0.2, 0.25) is 5.02 Å². The van der Waals surface area contributed by atoms with Crippen molar-refractivity contribution in [3.8, 4) is 16.9 Å². The second-order valence-electron chi connectivity index (χ2n) is 8.30. The molecule has 4 rings (SSSR count). The number of rotatable bonds is 7. The fraction of sp³-hybridized carbons (Fsp3) is 0.259. The minimum Gasteiger partial charge on any atom is -0.488 e. The Morgan fingerprint density at radius 1 is 1.06 bits per heavy atom. The number of carbonyl (C=O) groups excluding carboxylic acids is 2. The fourth-order valence-corrected chi connectivity index (χ4v) is 4.13. The second-order valence-corrected chi connectivity index (χ2v) is 8.71. The van der Waals surface area contributed by atoms with Crippen molar-refractivity contribution in [2.75, 3.05) is 18.4 Å². The van der Waals surface area contributed by atoms with E-state index in [9.17, 15) is 9.59 Å². The lowest BCUT2D eigenvalue weighted by Gasteiger charge is -2.24. The summed E-state index contributed by atoms with van der Waals surface area (Å²) in [5.41, 5.74) is 3.78. The second kappa shape index (κ2) is 10.6. The molecule has 0 radical (unpaired) electrons. The lowest BCUT2D eigenvalue weighted by atomic mass is 10.0. The van der Waals surface area contributed by atoms with Crippen LogP contribution in [0.15, 0.2) is 66.7 Å². The Morgan fingerprint density at radius 3 is 2.67 bits per heavy atom. The molecular formula is C27H27ClN2O3. The predicted octanol–water partition coefficient (Wildman–Crippen LogP) is 5.52. The van der Waals surface area contributed by atoms with Gasteiger partial charge in [-0.25, -0.2) is 0 Å². The van der Waals surface area contributed by atoms with Gasteiger partial charge < -0.3 is 15.4 Å².